The number of imidazole rings is 1. The molecule has 0 saturated carbocycles. The molecule has 0 aliphatic carbocycles. The van der Waals surface area contributed by atoms with Crippen LogP contribution in [0.1, 0.15) is 22.3 Å². The van der Waals surface area contributed by atoms with Crippen LogP contribution in [0.5, 0.6) is 0 Å². The zero-order valence-electron chi connectivity index (χ0n) is 11.4. The number of benzene rings is 1. The van der Waals surface area contributed by atoms with Crippen LogP contribution in [-0.2, 0) is 0 Å². The summed E-state index contributed by atoms with van der Waals surface area (Å²) in [5, 5.41) is 10.8. The van der Waals surface area contributed by atoms with E-state index in [4.69, 9.17) is 0 Å². The maximum atomic E-state index is 11.5. The highest BCUT2D eigenvalue weighted by atomic mass is 32.1. The summed E-state index contributed by atoms with van der Waals surface area (Å²) in [6.45, 7) is 3.39. The van der Waals surface area contributed by atoms with E-state index in [0.717, 1.165) is 5.69 Å². The number of carbonyl (C=O) groups is 1. The summed E-state index contributed by atoms with van der Waals surface area (Å²) in [5.41, 5.74) is 2.21. The Bertz CT molecular complexity index is 879. The second-order valence-corrected chi connectivity index (χ2v) is 5.64. The molecule has 0 N–H and O–H groups in total. The minimum absolute atomic E-state index is 0.0138. The topological polar surface area (TPSA) is 77.5 Å². The normalized spacial score (nSPS) is 11.0. The fourth-order valence-corrected chi connectivity index (χ4v) is 3.20. The lowest BCUT2D eigenvalue weighted by atomic mass is 10.1. The van der Waals surface area contributed by atoms with E-state index < -0.39 is 4.92 Å². The number of rotatable bonds is 3. The van der Waals surface area contributed by atoms with Gasteiger partial charge in [-0.3, -0.25) is 19.3 Å². The Morgan fingerprint density at radius 2 is 2.19 bits per heavy atom. The number of thiazole rings is 1. The van der Waals surface area contributed by atoms with Crippen LogP contribution >= 0.6 is 11.3 Å². The Labute approximate surface area is 123 Å². The van der Waals surface area contributed by atoms with E-state index in [1.807, 2.05) is 11.3 Å². The van der Waals surface area contributed by atoms with Crippen LogP contribution in [0.15, 0.2) is 30.5 Å². The largest absolute Gasteiger partial charge is 0.294 e. The minimum atomic E-state index is -0.430. The van der Waals surface area contributed by atoms with Gasteiger partial charge < -0.3 is 0 Å². The lowest BCUT2D eigenvalue weighted by Gasteiger charge is -1.97. The summed E-state index contributed by atoms with van der Waals surface area (Å²) in [6, 6.07) is 6.35. The van der Waals surface area contributed by atoms with Gasteiger partial charge in [-0.2, -0.15) is 0 Å². The molecule has 21 heavy (non-hydrogen) atoms. The monoisotopic (exact) mass is 301 g/mol. The lowest BCUT2D eigenvalue weighted by molar-refractivity contribution is -0.384. The van der Waals surface area contributed by atoms with E-state index in [1.54, 1.807) is 18.3 Å². The van der Waals surface area contributed by atoms with Crippen molar-refractivity contribution in [2.45, 2.75) is 13.8 Å². The van der Waals surface area contributed by atoms with Gasteiger partial charge in [0.05, 0.1) is 15.5 Å². The number of non-ortho nitro benzene ring substituents is 1. The van der Waals surface area contributed by atoms with Gasteiger partial charge >= 0.3 is 0 Å². The highest BCUT2D eigenvalue weighted by molar-refractivity contribution is 7.19. The van der Waals surface area contributed by atoms with Crippen molar-refractivity contribution in [3.8, 4) is 11.3 Å². The van der Waals surface area contributed by atoms with Crippen molar-refractivity contribution in [3.63, 3.8) is 0 Å². The molecule has 0 aliphatic rings. The molecule has 6 nitrogen and oxygen atoms in total. The quantitative estimate of drug-likeness (QED) is 0.421. The Morgan fingerprint density at radius 1 is 1.43 bits per heavy atom. The van der Waals surface area contributed by atoms with Crippen molar-refractivity contribution < 1.29 is 9.72 Å². The van der Waals surface area contributed by atoms with E-state index in [0.29, 0.717) is 21.1 Å². The Kier molecular flexibility index (Phi) is 3.06. The fraction of sp³-hybridized carbons (Fsp3) is 0.143. The average Bonchev–Trinajstić information content (AvgIpc) is 2.99. The molecule has 3 aromatic rings. The molecule has 0 amide bonds. The van der Waals surface area contributed by atoms with Gasteiger partial charge in [-0.15, -0.1) is 0 Å². The maximum Gasteiger partial charge on any atom is 0.270 e. The van der Waals surface area contributed by atoms with Crippen molar-refractivity contribution in [2.75, 3.05) is 0 Å². The summed E-state index contributed by atoms with van der Waals surface area (Å²) in [5.74, 6) is 0.0138. The SMILES string of the molecule is CC(=O)c1sc2nc(-c3cccc([N+](=O)[O-])c3)cn2c1C. The van der Waals surface area contributed by atoms with Gasteiger partial charge in [0.2, 0.25) is 0 Å². The molecular weight excluding hydrogens is 290 g/mol. The highest BCUT2D eigenvalue weighted by Gasteiger charge is 2.16. The number of aromatic nitrogens is 2. The number of ketones is 1. The van der Waals surface area contributed by atoms with E-state index in [1.165, 1.54) is 30.4 Å². The second-order valence-electron chi connectivity index (χ2n) is 4.66. The first-order chi connectivity index (χ1) is 9.97. The molecule has 1 aromatic carbocycles. The van der Waals surface area contributed by atoms with Crippen molar-refractivity contribution >= 4 is 27.8 Å². The third-order valence-electron chi connectivity index (χ3n) is 3.23. The van der Waals surface area contributed by atoms with Crippen LogP contribution in [-0.4, -0.2) is 20.1 Å². The zero-order valence-corrected chi connectivity index (χ0v) is 12.2. The van der Waals surface area contributed by atoms with E-state index in [9.17, 15) is 14.9 Å². The summed E-state index contributed by atoms with van der Waals surface area (Å²) in [4.78, 5) is 27.7. The highest BCUT2D eigenvalue weighted by Crippen LogP contribution is 2.28. The maximum absolute atomic E-state index is 11.5. The molecule has 3 rings (SSSR count). The molecule has 0 unspecified atom stereocenters. The summed E-state index contributed by atoms with van der Waals surface area (Å²) < 4.78 is 1.84. The van der Waals surface area contributed by atoms with Crippen LogP contribution in [0.25, 0.3) is 16.2 Å². The van der Waals surface area contributed by atoms with Gasteiger partial charge in [-0.25, -0.2) is 4.98 Å². The number of nitro benzene ring substituents is 1. The summed E-state index contributed by atoms with van der Waals surface area (Å²) >= 11 is 1.33. The summed E-state index contributed by atoms with van der Waals surface area (Å²) in [7, 11) is 0. The Morgan fingerprint density at radius 3 is 2.81 bits per heavy atom. The van der Waals surface area contributed by atoms with Gasteiger partial charge in [0, 0.05) is 36.5 Å². The first-order valence-corrected chi connectivity index (χ1v) is 7.03. The third-order valence-corrected chi connectivity index (χ3v) is 4.49. The van der Waals surface area contributed by atoms with Gasteiger partial charge in [0.25, 0.3) is 5.69 Å². The van der Waals surface area contributed by atoms with Gasteiger partial charge in [0.15, 0.2) is 10.7 Å². The van der Waals surface area contributed by atoms with Crippen LogP contribution in [0.2, 0.25) is 0 Å². The molecule has 0 bridgehead atoms. The van der Waals surface area contributed by atoms with Gasteiger partial charge in [-0.05, 0) is 6.92 Å². The third kappa shape index (κ3) is 2.21. The van der Waals surface area contributed by atoms with Crippen molar-refractivity contribution in [1.29, 1.82) is 0 Å². The second kappa shape index (κ2) is 4.78. The first-order valence-electron chi connectivity index (χ1n) is 6.21. The fourth-order valence-electron chi connectivity index (χ4n) is 2.19. The molecule has 0 fully saturated rings. The van der Waals surface area contributed by atoms with Crippen molar-refractivity contribution in [3.05, 3.63) is 51.1 Å². The first kappa shape index (κ1) is 13.4. The number of hydrogen-bond donors (Lipinski definition) is 0. The number of fused-ring (bicyclic) bond motifs is 1. The lowest BCUT2D eigenvalue weighted by Crippen LogP contribution is -1.92. The molecule has 0 spiro atoms. The van der Waals surface area contributed by atoms with E-state index in [-0.39, 0.29) is 11.5 Å². The average molecular weight is 301 g/mol. The van der Waals surface area contributed by atoms with Crippen molar-refractivity contribution in [2.24, 2.45) is 0 Å². The molecule has 0 radical (unpaired) electrons. The van der Waals surface area contributed by atoms with Crippen molar-refractivity contribution in [1.82, 2.24) is 9.38 Å². The number of hydrogen-bond acceptors (Lipinski definition) is 5. The predicted molar refractivity (Wildman–Crippen MR) is 79.9 cm³/mol. The van der Waals surface area contributed by atoms with Gasteiger partial charge in [0.1, 0.15) is 0 Å². The van der Waals surface area contributed by atoms with Gasteiger partial charge in [-0.1, -0.05) is 23.5 Å². The number of nitro groups is 1. The Balaban J connectivity index is 2.12. The molecular formula is C14H11N3O3S. The predicted octanol–water partition coefficient (Wildman–Crippen LogP) is 3.48. The van der Waals surface area contributed by atoms with Crippen LogP contribution < -0.4 is 0 Å². The molecule has 106 valence electrons. The minimum Gasteiger partial charge on any atom is -0.294 e. The number of carbonyl (C=O) groups excluding carboxylic acids is 1. The molecule has 0 aliphatic heterocycles. The molecule has 0 saturated heterocycles. The molecule has 0 atom stereocenters. The standard InChI is InChI=1S/C14H11N3O3S/c1-8-13(9(2)18)21-14-15-12(7-16(8)14)10-4-3-5-11(6-10)17(19)20/h3-7H,1-2H3. The van der Waals surface area contributed by atoms with Crippen LogP contribution in [0.4, 0.5) is 5.69 Å². The smallest absolute Gasteiger partial charge is 0.270 e. The number of Topliss-reactive ketones (excluding diaryl/α,β-unsaturated/α-hetero) is 1. The zero-order chi connectivity index (χ0) is 15.1. The summed E-state index contributed by atoms with van der Waals surface area (Å²) in [6.07, 6.45) is 1.80. The Hall–Kier alpha value is -2.54. The van der Waals surface area contributed by atoms with E-state index in [2.05, 4.69) is 4.98 Å². The molecule has 7 heteroatoms. The molecule has 2 heterocycles. The number of nitrogens with zero attached hydrogens (tertiary/aromatic N) is 3. The number of aryl methyl sites for hydroxylation is 1. The van der Waals surface area contributed by atoms with Crippen LogP contribution in [0, 0.1) is 17.0 Å². The van der Waals surface area contributed by atoms with E-state index >= 15 is 0 Å². The van der Waals surface area contributed by atoms with Crippen LogP contribution in [0.3, 0.4) is 0 Å². The molecule has 2 aromatic heterocycles.